The molecule has 0 saturated heterocycles. The molecule has 0 saturated carbocycles. The van der Waals surface area contributed by atoms with Gasteiger partial charge in [0.05, 0.1) is 12.8 Å². The lowest BCUT2D eigenvalue weighted by atomic mass is 10.1. The number of benzene rings is 2. The van der Waals surface area contributed by atoms with Crippen molar-refractivity contribution in [2.75, 3.05) is 12.4 Å². The topological polar surface area (TPSA) is 41.5 Å². The fraction of sp³-hybridized carbons (Fsp3) is 0.143. The second-order valence-corrected chi connectivity index (χ2v) is 4.04. The summed E-state index contributed by atoms with van der Waals surface area (Å²) < 4.78 is 44.2. The lowest BCUT2D eigenvalue weighted by molar-refractivity contribution is 0.371. The van der Waals surface area contributed by atoms with Gasteiger partial charge in [-0.15, -0.1) is 0 Å². The van der Waals surface area contributed by atoms with Gasteiger partial charge >= 0.3 is 0 Å². The molecule has 2 aromatic carbocycles. The predicted octanol–water partition coefficient (Wildman–Crippen LogP) is 3.43. The van der Waals surface area contributed by atoms with Gasteiger partial charge in [0.1, 0.15) is 0 Å². The van der Waals surface area contributed by atoms with Gasteiger partial charge < -0.3 is 15.2 Å². The molecule has 0 fully saturated rings. The molecule has 20 heavy (non-hydrogen) atoms. The number of hydrogen-bond acceptors (Lipinski definition) is 3. The Bertz CT molecular complexity index is 632. The molecule has 2 rings (SSSR count). The minimum atomic E-state index is -1.54. The number of anilines is 1. The Balaban J connectivity index is 2.19. The number of rotatable bonds is 4. The maximum atomic E-state index is 13.4. The van der Waals surface area contributed by atoms with E-state index in [2.05, 4.69) is 5.32 Å². The van der Waals surface area contributed by atoms with Crippen LogP contribution >= 0.6 is 0 Å². The number of aromatic hydroxyl groups is 1. The summed E-state index contributed by atoms with van der Waals surface area (Å²) in [6.45, 7) is 0.0328. The van der Waals surface area contributed by atoms with Crippen LogP contribution in [0.2, 0.25) is 0 Å². The Morgan fingerprint density at radius 2 is 1.85 bits per heavy atom. The van der Waals surface area contributed by atoms with Gasteiger partial charge in [-0.1, -0.05) is 12.1 Å². The smallest absolute Gasteiger partial charge is 0.196 e. The highest BCUT2D eigenvalue weighted by atomic mass is 19.2. The summed E-state index contributed by atoms with van der Waals surface area (Å²) in [6.07, 6.45) is 0. The van der Waals surface area contributed by atoms with Gasteiger partial charge in [0.25, 0.3) is 0 Å². The molecule has 0 aliphatic carbocycles. The van der Waals surface area contributed by atoms with Crippen LogP contribution in [0, 0.1) is 17.5 Å². The van der Waals surface area contributed by atoms with Crippen molar-refractivity contribution in [2.45, 2.75) is 6.54 Å². The largest absolute Gasteiger partial charge is 0.504 e. The molecular weight excluding hydrogens is 271 g/mol. The van der Waals surface area contributed by atoms with Crippen LogP contribution in [0.25, 0.3) is 0 Å². The van der Waals surface area contributed by atoms with E-state index in [0.29, 0.717) is 5.56 Å². The highest BCUT2D eigenvalue weighted by Gasteiger charge is 2.14. The van der Waals surface area contributed by atoms with Crippen LogP contribution in [-0.4, -0.2) is 12.2 Å². The first-order valence-corrected chi connectivity index (χ1v) is 5.76. The Morgan fingerprint density at radius 1 is 1.10 bits per heavy atom. The molecular formula is C14H12F3NO2. The third-order valence-corrected chi connectivity index (χ3v) is 2.81. The van der Waals surface area contributed by atoms with Crippen LogP contribution in [0.4, 0.5) is 18.9 Å². The molecule has 0 spiro atoms. The van der Waals surface area contributed by atoms with Crippen LogP contribution < -0.4 is 10.1 Å². The quantitative estimate of drug-likeness (QED) is 0.845. The zero-order valence-corrected chi connectivity index (χ0v) is 10.6. The molecule has 0 radical (unpaired) electrons. The average molecular weight is 283 g/mol. The molecule has 2 N–H and O–H groups in total. The molecule has 0 amide bonds. The van der Waals surface area contributed by atoms with Gasteiger partial charge in [0.2, 0.25) is 0 Å². The minimum absolute atomic E-state index is 0.0328. The van der Waals surface area contributed by atoms with Crippen molar-refractivity contribution >= 4 is 5.69 Å². The van der Waals surface area contributed by atoms with E-state index in [0.717, 1.165) is 12.1 Å². The number of nitrogens with one attached hydrogen (secondary N) is 1. The fourth-order valence-electron chi connectivity index (χ4n) is 1.73. The Hall–Kier alpha value is -2.37. The first kappa shape index (κ1) is 14.0. The van der Waals surface area contributed by atoms with Crippen molar-refractivity contribution in [3.63, 3.8) is 0 Å². The molecule has 2 aromatic rings. The van der Waals surface area contributed by atoms with Crippen LogP contribution in [0.1, 0.15) is 5.56 Å². The van der Waals surface area contributed by atoms with Gasteiger partial charge in [0, 0.05) is 12.1 Å². The SMILES string of the molecule is COc1cccc(CNc2ccc(F)c(F)c2F)c1O. The fourth-order valence-corrected chi connectivity index (χ4v) is 1.73. The van der Waals surface area contributed by atoms with Gasteiger partial charge in [-0.3, -0.25) is 0 Å². The maximum absolute atomic E-state index is 13.4. The normalized spacial score (nSPS) is 10.4. The number of phenols is 1. The zero-order chi connectivity index (χ0) is 14.7. The third-order valence-electron chi connectivity index (χ3n) is 2.81. The average Bonchev–Trinajstić information content (AvgIpc) is 2.45. The highest BCUT2D eigenvalue weighted by molar-refractivity contribution is 5.50. The van der Waals surface area contributed by atoms with Crippen LogP contribution in [0.3, 0.4) is 0 Å². The molecule has 0 aliphatic heterocycles. The van der Waals surface area contributed by atoms with E-state index in [4.69, 9.17) is 4.74 Å². The van der Waals surface area contributed by atoms with E-state index in [1.807, 2.05) is 0 Å². The molecule has 0 heterocycles. The second-order valence-electron chi connectivity index (χ2n) is 4.04. The monoisotopic (exact) mass is 283 g/mol. The molecule has 0 bridgehead atoms. The van der Waals surface area contributed by atoms with Gasteiger partial charge in [0.15, 0.2) is 29.0 Å². The summed E-state index contributed by atoms with van der Waals surface area (Å²) in [5.41, 5.74) is 0.250. The van der Waals surface area contributed by atoms with E-state index in [1.54, 1.807) is 18.2 Å². The number of hydrogen-bond donors (Lipinski definition) is 2. The summed E-state index contributed by atoms with van der Waals surface area (Å²) in [5, 5.41) is 12.4. The number of halogens is 3. The highest BCUT2D eigenvalue weighted by Crippen LogP contribution is 2.30. The lowest BCUT2D eigenvalue weighted by Gasteiger charge is -2.11. The van der Waals surface area contributed by atoms with Gasteiger partial charge in [-0.2, -0.15) is 0 Å². The van der Waals surface area contributed by atoms with Crippen LogP contribution in [0.15, 0.2) is 30.3 Å². The summed E-state index contributed by atoms with van der Waals surface area (Å²) >= 11 is 0. The van der Waals surface area contributed by atoms with Crippen molar-refractivity contribution in [2.24, 2.45) is 0 Å². The zero-order valence-electron chi connectivity index (χ0n) is 10.6. The lowest BCUT2D eigenvalue weighted by Crippen LogP contribution is -2.04. The van der Waals surface area contributed by atoms with Crippen molar-refractivity contribution in [3.05, 3.63) is 53.3 Å². The maximum Gasteiger partial charge on any atom is 0.196 e. The molecule has 0 unspecified atom stereocenters. The summed E-state index contributed by atoms with van der Waals surface area (Å²) in [5.74, 6) is -3.91. The molecule has 0 atom stereocenters. The summed E-state index contributed by atoms with van der Waals surface area (Å²) in [7, 11) is 1.40. The standard InChI is InChI=1S/C14H12F3NO2/c1-20-11-4-2-3-8(14(11)19)7-18-10-6-5-9(15)12(16)13(10)17/h2-6,18-19H,7H2,1H3. The minimum Gasteiger partial charge on any atom is -0.504 e. The van der Waals surface area contributed by atoms with Crippen molar-refractivity contribution in [1.29, 1.82) is 0 Å². The van der Waals surface area contributed by atoms with Crippen molar-refractivity contribution in [1.82, 2.24) is 0 Å². The number of phenolic OH excluding ortho intramolecular Hbond substituents is 1. The number of para-hydroxylation sites is 1. The van der Waals surface area contributed by atoms with Gasteiger partial charge in [-0.05, 0) is 18.2 Å². The first-order chi connectivity index (χ1) is 9.54. The molecule has 0 aliphatic rings. The van der Waals surface area contributed by atoms with Crippen LogP contribution in [-0.2, 0) is 6.54 Å². The predicted molar refractivity (Wildman–Crippen MR) is 68.3 cm³/mol. The summed E-state index contributed by atoms with van der Waals surface area (Å²) in [4.78, 5) is 0. The van der Waals surface area contributed by atoms with E-state index in [-0.39, 0.29) is 23.7 Å². The first-order valence-electron chi connectivity index (χ1n) is 5.76. The van der Waals surface area contributed by atoms with Gasteiger partial charge in [-0.25, -0.2) is 13.2 Å². The Kier molecular flexibility index (Phi) is 4.02. The van der Waals surface area contributed by atoms with Crippen molar-refractivity contribution < 1.29 is 23.0 Å². The molecule has 106 valence electrons. The molecule has 6 heteroatoms. The van der Waals surface area contributed by atoms with E-state index >= 15 is 0 Å². The Labute approximate surface area is 113 Å². The molecule has 0 aromatic heterocycles. The Morgan fingerprint density at radius 3 is 2.55 bits per heavy atom. The summed E-state index contributed by atoms with van der Waals surface area (Å²) in [6, 6.07) is 6.73. The third kappa shape index (κ3) is 2.64. The molecule has 3 nitrogen and oxygen atoms in total. The van der Waals surface area contributed by atoms with Crippen molar-refractivity contribution in [3.8, 4) is 11.5 Å². The van der Waals surface area contributed by atoms with E-state index in [1.165, 1.54) is 7.11 Å². The van der Waals surface area contributed by atoms with E-state index in [9.17, 15) is 18.3 Å². The van der Waals surface area contributed by atoms with Crippen LogP contribution in [0.5, 0.6) is 11.5 Å². The van der Waals surface area contributed by atoms with E-state index < -0.39 is 17.5 Å². The number of ether oxygens (including phenoxy) is 1. The second kappa shape index (κ2) is 5.73. The number of methoxy groups -OCH3 is 1.